The summed E-state index contributed by atoms with van der Waals surface area (Å²) in [5.74, 6) is 0.942. The van der Waals surface area contributed by atoms with Gasteiger partial charge in [-0.25, -0.2) is 4.39 Å². The van der Waals surface area contributed by atoms with Crippen molar-refractivity contribution in [2.75, 3.05) is 7.11 Å². The highest BCUT2D eigenvalue weighted by atomic mass is 19.1. The highest BCUT2D eigenvalue weighted by molar-refractivity contribution is 5.85. The Morgan fingerprint density at radius 1 is 1.05 bits per heavy atom. The van der Waals surface area contributed by atoms with Crippen molar-refractivity contribution in [1.82, 2.24) is 0 Å². The fourth-order valence-corrected chi connectivity index (χ4v) is 6.62. The van der Waals surface area contributed by atoms with Gasteiger partial charge in [0.25, 0.3) is 0 Å². The summed E-state index contributed by atoms with van der Waals surface area (Å²) in [6.07, 6.45) is 8.30. The van der Waals surface area contributed by atoms with Gasteiger partial charge in [-0.2, -0.15) is 0 Å². The van der Waals surface area contributed by atoms with Crippen LogP contribution < -0.4 is 9.47 Å². The monoisotopic (exact) mass is 540 g/mol. The van der Waals surface area contributed by atoms with E-state index in [9.17, 15) is 9.90 Å². The number of aliphatic carboxylic acids is 1. The Balaban J connectivity index is 1.37. The Kier molecular flexibility index (Phi) is 6.93. The minimum atomic E-state index is -0.752. The molecule has 1 aliphatic heterocycles. The summed E-state index contributed by atoms with van der Waals surface area (Å²) in [5, 5.41) is 9.49. The van der Waals surface area contributed by atoms with Crippen molar-refractivity contribution in [3.05, 3.63) is 88.7 Å². The molecular weight excluding hydrogens is 503 g/mol. The van der Waals surface area contributed by atoms with E-state index in [2.05, 4.69) is 50.3 Å². The summed E-state index contributed by atoms with van der Waals surface area (Å²) in [6.45, 7) is 4.51. The first-order chi connectivity index (χ1) is 19.2. The number of hydrogen-bond acceptors (Lipinski definition) is 3. The Labute approximate surface area is 235 Å². The molecule has 0 radical (unpaired) electrons. The van der Waals surface area contributed by atoms with Crippen LogP contribution in [0.25, 0.3) is 16.7 Å². The highest BCUT2D eigenvalue weighted by Crippen LogP contribution is 2.49. The molecular formula is C35H37FO4. The van der Waals surface area contributed by atoms with Gasteiger partial charge < -0.3 is 14.6 Å². The zero-order chi connectivity index (χ0) is 28.0. The quantitative estimate of drug-likeness (QED) is 0.310. The number of methoxy groups -OCH3 is 1. The first-order valence-electron chi connectivity index (χ1n) is 14.4. The average molecular weight is 541 g/mol. The van der Waals surface area contributed by atoms with Crippen LogP contribution >= 0.6 is 0 Å². The van der Waals surface area contributed by atoms with E-state index in [4.69, 9.17) is 9.47 Å². The molecule has 1 fully saturated rings. The lowest BCUT2D eigenvalue weighted by Crippen LogP contribution is -2.17. The fraction of sp³-hybridized carbons (Fsp3) is 0.400. The van der Waals surface area contributed by atoms with Gasteiger partial charge in [-0.15, -0.1) is 0 Å². The topological polar surface area (TPSA) is 55.8 Å². The number of fused-ring (bicyclic) bond motifs is 1. The molecule has 4 nitrogen and oxygen atoms in total. The van der Waals surface area contributed by atoms with Gasteiger partial charge in [0, 0.05) is 5.56 Å². The predicted molar refractivity (Wildman–Crippen MR) is 155 cm³/mol. The summed E-state index contributed by atoms with van der Waals surface area (Å²) >= 11 is 0. The lowest BCUT2D eigenvalue weighted by molar-refractivity contribution is -0.137. The summed E-state index contributed by atoms with van der Waals surface area (Å²) < 4.78 is 27.2. The lowest BCUT2D eigenvalue weighted by atomic mass is 9.78. The minimum absolute atomic E-state index is 0.0143. The molecule has 5 heteroatoms. The van der Waals surface area contributed by atoms with Crippen LogP contribution in [0.2, 0.25) is 0 Å². The summed E-state index contributed by atoms with van der Waals surface area (Å²) in [6, 6.07) is 17.5. The van der Waals surface area contributed by atoms with E-state index in [-0.39, 0.29) is 29.7 Å². The van der Waals surface area contributed by atoms with Crippen LogP contribution in [0.1, 0.15) is 86.6 Å². The maximum atomic E-state index is 15.2. The van der Waals surface area contributed by atoms with Crippen molar-refractivity contribution in [2.24, 2.45) is 11.3 Å². The van der Waals surface area contributed by atoms with Crippen LogP contribution in [-0.4, -0.2) is 18.2 Å². The smallest absolute Gasteiger partial charge is 0.303 e. The molecule has 2 aliphatic carbocycles. The van der Waals surface area contributed by atoms with Crippen molar-refractivity contribution in [1.29, 1.82) is 0 Å². The van der Waals surface area contributed by atoms with E-state index in [0.29, 0.717) is 17.2 Å². The van der Waals surface area contributed by atoms with Gasteiger partial charge in [0.2, 0.25) is 0 Å². The van der Waals surface area contributed by atoms with Gasteiger partial charge in [-0.3, -0.25) is 4.79 Å². The van der Waals surface area contributed by atoms with Crippen molar-refractivity contribution >= 4 is 11.5 Å². The van der Waals surface area contributed by atoms with Gasteiger partial charge in [0.15, 0.2) is 0 Å². The molecule has 1 N–H and O–H groups in total. The van der Waals surface area contributed by atoms with E-state index in [1.807, 2.05) is 6.07 Å². The molecule has 0 saturated heterocycles. The van der Waals surface area contributed by atoms with Crippen molar-refractivity contribution in [3.8, 4) is 22.6 Å². The van der Waals surface area contributed by atoms with Gasteiger partial charge in [0.1, 0.15) is 23.4 Å². The average Bonchev–Trinajstić information content (AvgIpc) is 3.73. The zero-order valence-electron chi connectivity index (χ0n) is 23.5. The first-order valence-corrected chi connectivity index (χ1v) is 14.4. The first kappa shape index (κ1) is 26.6. The second-order valence-electron chi connectivity index (χ2n) is 12.2. The zero-order valence-corrected chi connectivity index (χ0v) is 23.5. The molecule has 208 valence electrons. The third-order valence-corrected chi connectivity index (χ3v) is 9.07. The molecule has 0 amide bonds. The standard InChI is InChI=1S/C35H37FO4/c1-35(2)16-4-5-30(35)28-17-24(10-13-26(28)29-19-25(39-3)12-14-31(29)36)32-15-11-22-8-9-23(18-33(22)40-32)27(20-34(37)38)21-6-7-21/h5,8-10,12-14,17-19,21,27,32H,4,6-7,11,15-16,20H2,1-3H3,(H,37,38)/t27-,32?/m0/s1. The lowest BCUT2D eigenvalue weighted by Gasteiger charge is -2.30. The Hall–Kier alpha value is -3.60. The summed E-state index contributed by atoms with van der Waals surface area (Å²) in [5.41, 5.74) is 6.98. The highest BCUT2D eigenvalue weighted by Gasteiger charge is 2.35. The Morgan fingerprint density at radius 2 is 1.88 bits per heavy atom. The van der Waals surface area contributed by atoms with Crippen molar-refractivity contribution in [2.45, 2.75) is 70.8 Å². The maximum Gasteiger partial charge on any atom is 0.303 e. The number of aryl methyl sites for hydroxylation is 1. The number of halogens is 1. The van der Waals surface area contributed by atoms with E-state index in [1.165, 1.54) is 17.2 Å². The van der Waals surface area contributed by atoms with Crippen LogP contribution in [0, 0.1) is 17.2 Å². The molecule has 6 rings (SSSR count). The third-order valence-electron chi connectivity index (χ3n) is 9.07. The second-order valence-corrected chi connectivity index (χ2v) is 12.2. The van der Waals surface area contributed by atoms with Gasteiger partial charge >= 0.3 is 5.97 Å². The molecule has 0 spiro atoms. The maximum absolute atomic E-state index is 15.2. The number of carboxylic acid groups (broad SMARTS) is 1. The Morgan fingerprint density at radius 3 is 2.58 bits per heavy atom. The molecule has 0 bridgehead atoms. The largest absolute Gasteiger partial charge is 0.497 e. The summed E-state index contributed by atoms with van der Waals surface area (Å²) in [4.78, 5) is 11.5. The van der Waals surface area contributed by atoms with E-state index in [1.54, 1.807) is 19.2 Å². The molecule has 0 aromatic heterocycles. The van der Waals surface area contributed by atoms with Crippen molar-refractivity contribution in [3.63, 3.8) is 0 Å². The van der Waals surface area contributed by atoms with E-state index in [0.717, 1.165) is 66.5 Å². The molecule has 3 aromatic carbocycles. The van der Waals surface area contributed by atoms with Gasteiger partial charge in [-0.1, -0.05) is 44.2 Å². The fourth-order valence-electron chi connectivity index (χ4n) is 6.62. The molecule has 40 heavy (non-hydrogen) atoms. The number of carbonyl (C=O) groups is 1. The molecule has 3 aliphatic rings. The molecule has 2 atom stereocenters. The van der Waals surface area contributed by atoms with Gasteiger partial charge in [-0.05, 0) is 119 Å². The molecule has 1 saturated carbocycles. The normalized spacial score (nSPS) is 20.3. The van der Waals surface area contributed by atoms with Crippen LogP contribution in [-0.2, 0) is 11.2 Å². The Bertz CT molecular complexity index is 1480. The number of ether oxygens (including phenoxy) is 2. The van der Waals surface area contributed by atoms with E-state index < -0.39 is 5.97 Å². The van der Waals surface area contributed by atoms with Crippen LogP contribution in [0.15, 0.2) is 60.7 Å². The molecule has 1 heterocycles. The van der Waals surface area contributed by atoms with Crippen LogP contribution in [0.4, 0.5) is 4.39 Å². The number of allylic oxidation sites excluding steroid dienone is 2. The summed E-state index contributed by atoms with van der Waals surface area (Å²) in [7, 11) is 1.60. The SMILES string of the molecule is COc1ccc(F)c(-c2ccc(C3CCc4ccc([C@@H](CC(=O)O)C5CC5)cc4O3)cc2C2=CCCC2(C)C)c1. The van der Waals surface area contributed by atoms with Crippen molar-refractivity contribution < 1.29 is 23.8 Å². The van der Waals surface area contributed by atoms with Crippen LogP contribution in [0.3, 0.4) is 0 Å². The molecule has 1 unspecified atom stereocenters. The number of hydrogen-bond donors (Lipinski definition) is 1. The molecule has 3 aromatic rings. The second kappa shape index (κ2) is 10.4. The number of benzene rings is 3. The minimum Gasteiger partial charge on any atom is -0.497 e. The van der Waals surface area contributed by atoms with Crippen LogP contribution in [0.5, 0.6) is 11.5 Å². The van der Waals surface area contributed by atoms with E-state index >= 15 is 4.39 Å². The predicted octanol–water partition coefficient (Wildman–Crippen LogP) is 8.74. The van der Waals surface area contributed by atoms with Gasteiger partial charge in [0.05, 0.1) is 13.5 Å². The number of carboxylic acids is 1. The third kappa shape index (κ3) is 5.14. The number of rotatable bonds is 8.